The first-order valence-electron chi connectivity index (χ1n) is 9.32. The van der Waals surface area contributed by atoms with Crippen LogP contribution in [0.2, 0.25) is 10.0 Å². The zero-order chi connectivity index (χ0) is 19.1. The quantitative estimate of drug-likeness (QED) is 0.665. The third-order valence-electron chi connectivity index (χ3n) is 4.91. The van der Waals surface area contributed by atoms with E-state index >= 15 is 0 Å². The van der Waals surface area contributed by atoms with Crippen LogP contribution in [0.15, 0.2) is 36.4 Å². The van der Waals surface area contributed by atoms with Crippen LogP contribution in [0.25, 0.3) is 0 Å². The summed E-state index contributed by atoms with van der Waals surface area (Å²) in [7, 11) is 1.65. The number of nitrogens with one attached hydrogen (secondary N) is 2. The SMILES string of the molecule is COc1cccc(CNCC2CCNCC2)c1OCc1c(Cl)cccc1Cl. The van der Waals surface area contributed by atoms with E-state index in [2.05, 4.69) is 16.7 Å². The molecule has 6 heteroatoms. The summed E-state index contributed by atoms with van der Waals surface area (Å²) in [5.41, 5.74) is 1.84. The van der Waals surface area contributed by atoms with Crippen LogP contribution in [0, 0.1) is 5.92 Å². The number of hydrogen-bond donors (Lipinski definition) is 2. The molecule has 0 bridgehead atoms. The molecule has 0 amide bonds. The average Bonchev–Trinajstić information content (AvgIpc) is 2.69. The van der Waals surface area contributed by atoms with Crippen LogP contribution < -0.4 is 20.1 Å². The van der Waals surface area contributed by atoms with E-state index in [0.717, 1.165) is 49.0 Å². The van der Waals surface area contributed by atoms with Gasteiger partial charge in [-0.2, -0.15) is 0 Å². The molecule has 2 N–H and O–H groups in total. The van der Waals surface area contributed by atoms with E-state index in [4.69, 9.17) is 32.7 Å². The molecule has 1 aliphatic heterocycles. The van der Waals surface area contributed by atoms with Crippen LogP contribution in [-0.2, 0) is 13.2 Å². The molecular formula is C21H26Cl2N2O2. The minimum Gasteiger partial charge on any atom is -0.493 e. The number of benzene rings is 2. The highest BCUT2D eigenvalue weighted by atomic mass is 35.5. The van der Waals surface area contributed by atoms with E-state index in [1.54, 1.807) is 7.11 Å². The van der Waals surface area contributed by atoms with Gasteiger partial charge in [-0.15, -0.1) is 0 Å². The molecule has 0 atom stereocenters. The maximum atomic E-state index is 6.27. The summed E-state index contributed by atoms with van der Waals surface area (Å²) in [6.45, 7) is 4.25. The molecule has 0 spiro atoms. The van der Waals surface area contributed by atoms with Crippen molar-refractivity contribution in [2.75, 3.05) is 26.7 Å². The molecule has 2 aromatic carbocycles. The van der Waals surface area contributed by atoms with Crippen molar-refractivity contribution in [2.45, 2.75) is 26.0 Å². The Kier molecular flexibility index (Phi) is 7.65. The second kappa shape index (κ2) is 10.2. The lowest BCUT2D eigenvalue weighted by atomic mass is 9.98. The van der Waals surface area contributed by atoms with Gasteiger partial charge >= 0.3 is 0 Å². The van der Waals surface area contributed by atoms with Crippen molar-refractivity contribution >= 4 is 23.2 Å². The summed E-state index contributed by atoms with van der Waals surface area (Å²) in [5, 5.41) is 8.17. The molecule has 0 radical (unpaired) electrons. The van der Waals surface area contributed by atoms with Crippen molar-refractivity contribution in [1.29, 1.82) is 0 Å². The van der Waals surface area contributed by atoms with Gasteiger partial charge in [0.2, 0.25) is 0 Å². The minimum absolute atomic E-state index is 0.292. The smallest absolute Gasteiger partial charge is 0.166 e. The molecule has 27 heavy (non-hydrogen) atoms. The summed E-state index contributed by atoms with van der Waals surface area (Å²) in [6.07, 6.45) is 2.44. The molecule has 1 heterocycles. The van der Waals surface area contributed by atoms with Crippen LogP contribution in [0.1, 0.15) is 24.0 Å². The largest absolute Gasteiger partial charge is 0.493 e. The second-order valence-corrected chi connectivity index (χ2v) is 7.58. The monoisotopic (exact) mass is 408 g/mol. The molecule has 2 aromatic rings. The van der Waals surface area contributed by atoms with Crippen molar-refractivity contribution in [3.8, 4) is 11.5 Å². The highest BCUT2D eigenvalue weighted by Gasteiger charge is 2.15. The Balaban J connectivity index is 1.67. The first kappa shape index (κ1) is 20.3. The van der Waals surface area contributed by atoms with Gasteiger partial charge in [-0.1, -0.05) is 41.4 Å². The van der Waals surface area contributed by atoms with Gasteiger partial charge in [-0.3, -0.25) is 0 Å². The topological polar surface area (TPSA) is 42.5 Å². The van der Waals surface area contributed by atoms with Gasteiger partial charge in [0.05, 0.1) is 7.11 Å². The third kappa shape index (κ3) is 5.52. The van der Waals surface area contributed by atoms with Crippen LogP contribution in [0.5, 0.6) is 11.5 Å². The maximum Gasteiger partial charge on any atom is 0.166 e. The van der Waals surface area contributed by atoms with Crippen LogP contribution in [0.4, 0.5) is 0 Å². The lowest BCUT2D eigenvalue weighted by molar-refractivity contribution is 0.280. The molecular weight excluding hydrogens is 383 g/mol. The van der Waals surface area contributed by atoms with Crippen LogP contribution in [-0.4, -0.2) is 26.7 Å². The van der Waals surface area contributed by atoms with Gasteiger partial charge in [0.1, 0.15) is 6.61 Å². The van der Waals surface area contributed by atoms with E-state index in [9.17, 15) is 0 Å². The number of methoxy groups -OCH3 is 1. The van der Waals surface area contributed by atoms with Crippen molar-refractivity contribution in [2.24, 2.45) is 5.92 Å². The molecule has 1 fully saturated rings. The second-order valence-electron chi connectivity index (χ2n) is 6.76. The summed E-state index contributed by atoms with van der Waals surface area (Å²) in [4.78, 5) is 0. The summed E-state index contributed by atoms with van der Waals surface area (Å²) < 4.78 is 11.6. The molecule has 0 aliphatic carbocycles. The predicted octanol–water partition coefficient (Wildman–Crippen LogP) is 4.67. The lowest BCUT2D eigenvalue weighted by Crippen LogP contribution is -2.33. The van der Waals surface area contributed by atoms with Gasteiger partial charge in [0.25, 0.3) is 0 Å². The Morgan fingerprint density at radius 1 is 1.07 bits per heavy atom. The van der Waals surface area contributed by atoms with E-state index in [1.165, 1.54) is 12.8 Å². The van der Waals surface area contributed by atoms with E-state index in [-0.39, 0.29) is 0 Å². The Labute approximate surface area is 171 Å². The van der Waals surface area contributed by atoms with E-state index in [1.807, 2.05) is 30.3 Å². The van der Waals surface area contributed by atoms with Gasteiger partial charge in [0.15, 0.2) is 11.5 Å². The first-order chi connectivity index (χ1) is 13.2. The van der Waals surface area contributed by atoms with Gasteiger partial charge < -0.3 is 20.1 Å². The molecule has 4 nitrogen and oxygen atoms in total. The summed E-state index contributed by atoms with van der Waals surface area (Å²) in [6, 6.07) is 11.4. The Morgan fingerprint density at radius 2 is 1.78 bits per heavy atom. The van der Waals surface area contributed by atoms with Crippen molar-refractivity contribution in [3.63, 3.8) is 0 Å². The van der Waals surface area contributed by atoms with E-state index in [0.29, 0.717) is 22.4 Å². The Morgan fingerprint density at radius 3 is 2.48 bits per heavy atom. The first-order valence-corrected chi connectivity index (χ1v) is 10.1. The zero-order valence-electron chi connectivity index (χ0n) is 15.6. The summed E-state index contributed by atoms with van der Waals surface area (Å²) in [5.74, 6) is 2.16. The predicted molar refractivity (Wildman–Crippen MR) is 111 cm³/mol. The number of para-hydroxylation sites is 1. The molecule has 1 saturated heterocycles. The van der Waals surface area contributed by atoms with Crippen LogP contribution in [0.3, 0.4) is 0 Å². The van der Waals surface area contributed by atoms with Crippen LogP contribution >= 0.6 is 23.2 Å². The molecule has 3 rings (SSSR count). The normalized spacial score (nSPS) is 14.9. The molecule has 146 valence electrons. The summed E-state index contributed by atoms with van der Waals surface area (Å²) >= 11 is 12.5. The molecule has 0 aromatic heterocycles. The fourth-order valence-electron chi connectivity index (χ4n) is 3.34. The number of piperidine rings is 1. The van der Waals surface area contributed by atoms with E-state index < -0.39 is 0 Å². The number of rotatable bonds is 8. The van der Waals surface area contributed by atoms with Crippen molar-refractivity contribution in [1.82, 2.24) is 10.6 Å². The highest BCUT2D eigenvalue weighted by Crippen LogP contribution is 2.33. The van der Waals surface area contributed by atoms with Gasteiger partial charge in [-0.25, -0.2) is 0 Å². The minimum atomic E-state index is 0.292. The van der Waals surface area contributed by atoms with Gasteiger partial charge in [0, 0.05) is 27.7 Å². The molecule has 1 aliphatic rings. The maximum absolute atomic E-state index is 6.27. The lowest BCUT2D eigenvalue weighted by Gasteiger charge is -2.23. The number of ether oxygens (including phenoxy) is 2. The number of halogens is 2. The Bertz CT molecular complexity index is 729. The molecule has 0 saturated carbocycles. The fourth-order valence-corrected chi connectivity index (χ4v) is 3.84. The zero-order valence-corrected chi connectivity index (χ0v) is 17.1. The fraction of sp³-hybridized carbons (Fsp3) is 0.429. The Hall–Kier alpha value is -1.46. The third-order valence-corrected chi connectivity index (χ3v) is 5.62. The highest BCUT2D eigenvalue weighted by molar-refractivity contribution is 6.35. The number of hydrogen-bond acceptors (Lipinski definition) is 4. The van der Waals surface area contributed by atoms with Crippen molar-refractivity contribution < 1.29 is 9.47 Å². The standard InChI is InChI=1S/C21H26Cl2N2O2/c1-26-20-7-2-4-16(13-25-12-15-8-10-24-11-9-15)21(20)27-14-17-18(22)5-3-6-19(17)23/h2-7,15,24-25H,8-14H2,1H3. The average molecular weight is 409 g/mol. The van der Waals surface area contributed by atoms with Crippen molar-refractivity contribution in [3.05, 3.63) is 57.6 Å². The molecule has 0 unspecified atom stereocenters. The van der Waals surface area contributed by atoms with Gasteiger partial charge in [-0.05, 0) is 56.6 Å².